The lowest BCUT2D eigenvalue weighted by molar-refractivity contribution is -0.117. The van der Waals surface area contributed by atoms with Gasteiger partial charge in [-0.15, -0.1) is 0 Å². The highest BCUT2D eigenvalue weighted by Crippen LogP contribution is 2.34. The fourth-order valence-electron chi connectivity index (χ4n) is 3.49. The zero-order valence-corrected chi connectivity index (χ0v) is 16.0. The van der Waals surface area contributed by atoms with E-state index in [2.05, 4.69) is 33.4 Å². The van der Waals surface area contributed by atoms with E-state index in [-0.39, 0.29) is 23.8 Å². The molecule has 1 atom stereocenters. The van der Waals surface area contributed by atoms with Gasteiger partial charge in [0.15, 0.2) is 0 Å². The maximum atomic E-state index is 13.0. The lowest BCUT2D eigenvalue weighted by Gasteiger charge is -2.25. The Morgan fingerprint density at radius 2 is 1.65 bits per heavy atom. The first kappa shape index (κ1) is 17.3. The van der Waals surface area contributed by atoms with Crippen molar-refractivity contribution in [2.45, 2.75) is 31.7 Å². The van der Waals surface area contributed by atoms with E-state index < -0.39 is 0 Å². The zero-order chi connectivity index (χ0) is 18.1. The molecule has 4 nitrogen and oxygen atoms in total. The van der Waals surface area contributed by atoms with Crippen LogP contribution in [0.15, 0.2) is 53.0 Å². The summed E-state index contributed by atoms with van der Waals surface area (Å²) in [5.41, 5.74) is 2.59. The van der Waals surface area contributed by atoms with Crippen LogP contribution in [0.3, 0.4) is 0 Å². The molecule has 1 saturated heterocycles. The highest BCUT2D eigenvalue weighted by atomic mass is 79.9. The van der Waals surface area contributed by atoms with Crippen LogP contribution in [0.25, 0.3) is 0 Å². The Morgan fingerprint density at radius 3 is 2.31 bits per heavy atom. The van der Waals surface area contributed by atoms with Crippen LogP contribution in [-0.2, 0) is 4.79 Å². The molecular weight excluding hydrogens is 392 g/mol. The fraction of sp³-hybridized carbons (Fsp3) is 0.333. The molecule has 2 amide bonds. The van der Waals surface area contributed by atoms with Crippen molar-refractivity contribution < 1.29 is 9.59 Å². The average molecular weight is 413 g/mol. The van der Waals surface area contributed by atoms with Gasteiger partial charge in [0.05, 0.1) is 6.04 Å². The molecule has 2 aliphatic rings. The number of nitrogens with zero attached hydrogens (tertiary/aromatic N) is 1. The molecule has 0 aromatic heterocycles. The smallest absolute Gasteiger partial charge is 0.254 e. The summed E-state index contributed by atoms with van der Waals surface area (Å²) in [4.78, 5) is 26.8. The average Bonchev–Trinajstić information content (AvgIpc) is 3.40. The third kappa shape index (κ3) is 3.68. The molecule has 2 aromatic carbocycles. The minimum absolute atomic E-state index is 0.0514. The summed E-state index contributed by atoms with van der Waals surface area (Å²) in [5, 5.41) is 2.91. The molecule has 5 heteroatoms. The van der Waals surface area contributed by atoms with Crippen LogP contribution in [0.1, 0.15) is 47.6 Å². The molecule has 2 fully saturated rings. The normalized spacial score (nSPS) is 19.4. The second-order valence-electron chi connectivity index (χ2n) is 7.05. The summed E-state index contributed by atoms with van der Waals surface area (Å²) in [6, 6.07) is 15.6. The van der Waals surface area contributed by atoms with E-state index >= 15 is 0 Å². The zero-order valence-electron chi connectivity index (χ0n) is 14.5. The van der Waals surface area contributed by atoms with Crippen LogP contribution >= 0.6 is 15.9 Å². The Morgan fingerprint density at radius 1 is 0.962 bits per heavy atom. The number of nitrogens with one attached hydrogen (secondary N) is 1. The van der Waals surface area contributed by atoms with Crippen LogP contribution in [-0.4, -0.2) is 23.3 Å². The van der Waals surface area contributed by atoms with Crippen molar-refractivity contribution in [3.05, 3.63) is 64.1 Å². The fourth-order valence-corrected chi connectivity index (χ4v) is 3.76. The number of hydrogen-bond donors (Lipinski definition) is 1. The van der Waals surface area contributed by atoms with Gasteiger partial charge in [0.2, 0.25) is 5.91 Å². The largest absolute Gasteiger partial charge is 0.332 e. The van der Waals surface area contributed by atoms with Crippen molar-refractivity contribution in [1.29, 1.82) is 0 Å². The van der Waals surface area contributed by atoms with Crippen molar-refractivity contribution in [2.75, 3.05) is 11.9 Å². The summed E-state index contributed by atoms with van der Waals surface area (Å²) in [7, 11) is 0. The van der Waals surface area contributed by atoms with Crippen LogP contribution in [0.4, 0.5) is 5.69 Å². The lowest BCUT2D eigenvalue weighted by atomic mass is 10.0. The number of rotatable bonds is 4. The van der Waals surface area contributed by atoms with Gasteiger partial charge in [-0.25, -0.2) is 0 Å². The van der Waals surface area contributed by atoms with Crippen molar-refractivity contribution in [3.8, 4) is 0 Å². The molecule has 1 aliphatic heterocycles. The number of hydrogen-bond acceptors (Lipinski definition) is 2. The Labute approximate surface area is 161 Å². The molecule has 1 heterocycles. The number of carbonyl (C=O) groups is 2. The van der Waals surface area contributed by atoms with E-state index in [1.807, 2.05) is 41.3 Å². The van der Waals surface area contributed by atoms with Gasteiger partial charge in [-0.2, -0.15) is 0 Å². The van der Waals surface area contributed by atoms with Crippen LogP contribution in [0.2, 0.25) is 0 Å². The Hall–Kier alpha value is -2.14. The molecule has 134 valence electrons. The van der Waals surface area contributed by atoms with Crippen molar-refractivity contribution in [1.82, 2.24) is 4.90 Å². The third-order valence-electron chi connectivity index (χ3n) is 5.12. The minimum atomic E-state index is 0.0514. The molecule has 4 rings (SSSR count). The SMILES string of the molecule is O=C(Nc1ccc(C(=O)N2CCCC2c2ccc(Br)cc2)cc1)C1CC1. The predicted octanol–water partition coefficient (Wildman–Crippen LogP) is 4.77. The maximum absolute atomic E-state index is 13.0. The van der Waals surface area contributed by atoms with E-state index in [9.17, 15) is 9.59 Å². The van der Waals surface area contributed by atoms with Gasteiger partial charge in [0, 0.05) is 28.2 Å². The maximum Gasteiger partial charge on any atom is 0.254 e. The second kappa shape index (κ2) is 7.23. The Kier molecular flexibility index (Phi) is 4.81. The molecular formula is C21H21BrN2O2. The number of anilines is 1. The Bertz CT molecular complexity index is 813. The van der Waals surface area contributed by atoms with Gasteiger partial charge in [-0.1, -0.05) is 28.1 Å². The van der Waals surface area contributed by atoms with E-state index in [1.165, 1.54) is 5.56 Å². The number of carbonyl (C=O) groups excluding carboxylic acids is 2. The van der Waals surface area contributed by atoms with E-state index in [1.54, 1.807) is 0 Å². The standard InChI is InChI=1S/C21H21BrN2O2/c22-17-9-5-14(6-10-17)19-2-1-13-24(19)21(26)16-7-11-18(12-8-16)23-20(25)15-3-4-15/h5-12,15,19H,1-4,13H2,(H,23,25). The number of likely N-dealkylation sites (tertiary alicyclic amines) is 1. The molecule has 1 saturated carbocycles. The summed E-state index contributed by atoms with van der Waals surface area (Å²) in [5.74, 6) is 0.307. The molecule has 1 aliphatic carbocycles. The predicted molar refractivity (Wildman–Crippen MR) is 105 cm³/mol. The summed E-state index contributed by atoms with van der Waals surface area (Å²) in [6.45, 7) is 0.778. The Balaban J connectivity index is 1.47. The van der Waals surface area contributed by atoms with Gasteiger partial charge < -0.3 is 10.2 Å². The number of benzene rings is 2. The molecule has 2 aromatic rings. The highest BCUT2D eigenvalue weighted by Gasteiger charge is 2.31. The minimum Gasteiger partial charge on any atom is -0.332 e. The van der Waals surface area contributed by atoms with Gasteiger partial charge in [-0.3, -0.25) is 9.59 Å². The van der Waals surface area contributed by atoms with Gasteiger partial charge in [0.25, 0.3) is 5.91 Å². The highest BCUT2D eigenvalue weighted by molar-refractivity contribution is 9.10. The van der Waals surface area contributed by atoms with Gasteiger partial charge in [0.1, 0.15) is 0 Å². The van der Waals surface area contributed by atoms with Gasteiger partial charge in [-0.05, 0) is 67.6 Å². The molecule has 0 spiro atoms. The van der Waals surface area contributed by atoms with Crippen molar-refractivity contribution in [3.63, 3.8) is 0 Å². The summed E-state index contributed by atoms with van der Waals surface area (Å²) in [6.07, 6.45) is 3.97. The third-order valence-corrected chi connectivity index (χ3v) is 5.64. The monoisotopic (exact) mass is 412 g/mol. The van der Waals surface area contributed by atoms with Gasteiger partial charge >= 0.3 is 0 Å². The molecule has 1 unspecified atom stereocenters. The van der Waals surface area contributed by atoms with E-state index in [0.29, 0.717) is 5.56 Å². The van der Waals surface area contributed by atoms with Crippen LogP contribution in [0, 0.1) is 5.92 Å². The van der Waals surface area contributed by atoms with E-state index in [4.69, 9.17) is 0 Å². The molecule has 0 radical (unpaired) electrons. The number of amides is 2. The van der Waals surface area contributed by atoms with Crippen molar-refractivity contribution in [2.24, 2.45) is 5.92 Å². The van der Waals surface area contributed by atoms with E-state index in [0.717, 1.165) is 42.4 Å². The quantitative estimate of drug-likeness (QED) is 0.785. The molecule has 26 heavy (non-hydrogen) atoms. The van der Waals surface area contributed by atoms with Crippen LogP contribution in [0.5, 0.6) is 0 Å². The summed E-state index contributed by atoms with van der Waals surface area (Å²) < 4.78 is 1.04. The first-order chi connectivity index (χ1) is 12.6. The first-order valence-corrected chi connectivity index (χ1v) is 9.88. The molecule has 1 N–H and O–H groups in total. The van der Waals surface area contributed by atoms with Crippen molar-refractivity contribution >= 4 is 33.4 Å². The second-order valence-corrected chi connectivity index (χ2v) is 7.96. The van der Waals surface area contributed by atoms with Crippen LogP contribution < -0.4 is 5.32 Å². The topological polar surface area (TPSA) is 49.4 Å². The number of halogens is 1. The lowest BCUT2D eigenvalue weighted by Crippen LogP contribution is -2.30. The molecule has 0 bridgehead atoms. The summed E-state index contributed by atoms with van der Waals surface area (Å²) >= 11 is 3.46. The first-order valence-electron chi connectivity index (χ1n) is 9.09.